The van der Waals surface area contributed by atoms with Gasteiger partial charge in [-0.1, -0.05) is 24.3 Å². The van der Waals surface area contributed by atoms with Crippen LogP contribution in [0.15, 0.2) is 42.5 Å². The molecule has 0 saturated heterocycles. The average Bonchev–Trinajstić information content (AvgIpc) is 3.24. The van der Waals surface area contributed by atoms with Crippen LogP contribution in [-0.2, 0) is 6.42 Å². The second-order valence-electron chi connectivity index (χ2n) is 6.30. The maximum Gasteiger partial charge on any atom is 0.408 e. The summed E-state index contributed by atoms with van der Waals surface area (Å²) in [7, 11) is 0. The van der Waals surface area contributed by atoms with Gasteiger partial charge in [-0.25, -0.2) is 4.79 Å². The van der Waals surface area contributed by atoms with Crippen LogP contribution in [0.4, 0.5) is 4.79 Å². The summed E-state index contributed by atoms with van der Waals surface area (Å²) in [6.07, 6.45) is -0.223. The van der Waals surface area contributed by atoms with E-state index in [-0.39, 0.29) is 12.8 Å². The minimum Gasteiger partial charge on any atom is -0.465 e. The number of para-hydroxylation sites is 1. The molecule has 3 heterocycles. The summed E-state index contributed by atoms with van der Waals surface area (Å²) in [5.41, 5.74) is 4.04. The Morgan fingerprint density at radius 2 is 2.00 bits per heavy atom. The van der Waals surface area contributed by atoms with E-state index in [1.807, 2.05) is 36.4 Å². The van der Waals surface area contributed by atoms with Gasteiger partial charge in [0.15, 0.2) is 11.5 Å². The quantitative estimate of drug-likeness (QED) is 0.713. The van der Waals surface area contributed by atoms with Crippen molar-refractivity contribution in [1.29, 1.82) is 0 Å². The molecular weight excluding hydrogens is 320 g/mol. The molecule has 1 aromatic heterocycles. The lowest BCUT2D eigenvalue weighted by atomic mass is 9.92. The lowest BCUT2D eigenvalue weighted by Crippen LogP contribution is -2.39. The first-order chi connectivity index (χ1) is 12.2. The van der Waals surface area contributed by atoms with E-state index >= 15 is 0 Å². The SMILES string of the molecule is O=C(O)N1CCc2c([nH]c3ccccc23)C1c1ccc2c(c1)OCO2. The second-order valence-corrected chi connectivity index (χ2v) is 6.30. The first-order valence-corrected chi connectivity index (χ1v) is 8.21. The van der Waals surface area contributed by atoms with E-state index in [0.29, 0.717) is 24.5 Å². The van der Waals surface area contributed by atoms with Gasteiger partial charge in [0, 0.05) is 23.1 Å². The molecule has 0 spiro atoms. The Labute approximate surface area is 143 Å². The van der Waals surface area contributed by atoms with E-state index in [0.717, 1.165) is 22.2 Å². The molecule has 5 rings (SSSR count). The fourth-order valence-corrected chi connectivity index (χ4v) is 3.88. The lowest BCUT2D eigenvalue weighted by molar-refractivity contribution is 0.128. The van der Waals surface area contributed by atoms with Crippen LogP contribution in [0.2, 0.25) is 0 Å². The molecule has 0 aliphatic carbocycles. The number of rotatable bonds is 1. The van der Waals surface area contributed by atoms with Crippen molar-refractivity contribution in [3.05, 3.63) is 59.3 Å². The number of benzene rings is 2. The molecule has 3 aromatic rings. The molecule has 126 valence electrons. The molecule has 25 heavy (non-hydrogen) atoms. The zero-order valence-electron chi connectivity index (χ0n) is 13.4. The third kappa shape index (κ3) is 2.07. The molecule has 0 saturated carbocycles. The Hall–Kier alpha value is -3.15. The third-order valence-electron chi connectivity index (χ3n) is 4.99. The number of fused-ring (bicyclic) bond motifs is 4. The average molecular weight is 336 g/mol. The van der Waals surface area contributed by atoms with Crippen molar-refractivity contribution in [2.45, 2.75) is 12.5 Å². The minimum absolute atomic E-state index is 0.198. The molecule has 0 bridgehead atoms. The minimum atomic E-state index is -0.924. The number of aromatic amines is 1. The fourth-order valence-electron chi connectivity index (χ4n) is 3.88. The number of H-pyrrole nitrogens is 1. The molecule has 2 aliphatic heterocycles. The molecular formula is C19H16N2O4. The van der Waals surface area contributed by atoms with Gasteiger partial charge in [0.2, 0.25) is 6.79 Å². The smallest absolute Gasteiger partial charge is 0.408 e. The first-order valence-electron chi connectivity index (χ1n) is 8.21. The maximum atomic E-state index is 11.9. The standard InChI is InChI=1S/C19H16N2O4/c22-19(23)21-8-7-13-12-3-1-2-4-14(12)20-17(13)18(21)11-5-6-15-16(9-11)25-10-24-15/h1-6,9,18,20H,7-8,10H2,(H,22,23). The van der Waals surface area contributed by atoms with Crippen LogP contribution in [0, 0.1) is 0 Å². The molecule has 2 aromatic carbocycles. The maximum absolute atomic E-state index is 11.9. The van der Waals surface area contributed by atoms with Crippen molar-refractivity contribution >= 4 is 17.0 Å². The molecule has 6 nitrogen and oxygen atoms in total. The number of ether oxygens (including phenoxy) is 2. The highest BCUT2D eigenvalue weighted by Gasteiger charge is 2.35. The van der Waals surface area contributed by atoms with Gasteiger partial charge in [-0.3, -0.25) is 4.90 Å². The van der Waals surface area contributed by atoms with Gasteiger partial charge in [0.1, 0.15) is 6.04 Å². The zero-order chi connectivity index (χ0) is 17.0. The van der Waals surface area contributed by atoms with E-state index in [2.05, 4.69) is 11.1 Å². The summed E-state index contributed by atoms with van der Waals surface area (Å²) in [5, 5.41) is 10.9. The predicted octanol–water partition coefficient (Wildman–Crippen LogP) is 3.52. The lowest BCUT2D eigenvalue weighted by Gasteiger charge is -2.34. The molecule has 0 radical (unpaired) electrons. The Kier molecular flexibility index (Phi) is 2.94. The van der Waals surface area contributed by atoms with Crippen molar-refractivity contribution in [3.63, 3.8) is 0 Å². The number of nitrogens with zero attached hydrogens (tertiary/aromatic N) is 1. The first kappa shape index (κ1) is 14.2. The van der Waals surface area contributed by atoms with Gasteiger partial charge < -0.3 is 19.6 Å². The molecule has 2 N–H and O–H groups in total. The number of hydrogen-bond acceptors (Lipinski definition) is 3. The van der Waals surface area contributed by atoms with Crippen LogP contribution in [0.5, 0.6) is 11.5 Å². The topological polar surface area (TPSA) is 74.8 Å². The summed E-state index contributed by atoms with van der Waals surface area (Å²) in [4.78, 5) is 16.8. The molecule has 6 heteroatoms. The van der Waals surface area contributed by atoms with Gasteiger partial charge in [0.25, 0.3) is 0 Å². The summed E-state index contributed by atoms with van der Waals surface area (Å²) in [6.45, 7) is 0.660. The van der Waals surface area contributed by atoms with E-state index in [4.69, 9.17) is 9.47 Å². The highest BCUT2D eigenvalue weighted by molar-refractivity contribution is 5.86. The van der Waals surface area contributed by atoms with Crippen LogP contribution in [0.25, 0.3) is 10.9 Å². The molecule has 1 amide bonds. The summed E-state index contributed by atoms with van der Waals surface area (Å²) >= 11 is 0. The Morgan fingerprint density at radius 3 is 2.88 bits per heavy atom. The normalized spacial score (nSPS) is 18.4. The number of hydrogen-bond donors (Lipinski definition) is 2. The van der Waals surface area contributed by atoms with Crippen LogP contribution in [0.1, 0.15) is 22.9 Å². The van der Waals surface area contributed by atoms with Gasteiger partial charge >= 0.3 is 6.09 Å². The summed E-state index contributed by atoms with van der Waals surface area (Å²) in [5.74, 6) is 1.35. The van der Waals surface area contributed by atoms with Crippen molar-refractivity contribution < 1.29 is 19.4 Å². The molecule has 1 unspecified atom stereocenters. The summed E-state index contributed by atoms with van der Waals surface area (Å²) in [6, 6.07) is 13.3. The van der Waals surface area contributed by atoms with Crippen LogP contribution < -0.4 is 9.47 Å². The Balaban J connectivity index is 1.71. The van der Waals surface area contributed by atoms with Gasteiger partial charge in [-0.15, -0.1) is 0 Å². The molecule has 1 atom stereocenters. The van der Waals surface area contributed by atoms with Crippen LogP contribution >= 0.6 is 0 Å². The second kappa shape index (κ2) is 5.17. The number of aromatic nitrogens is 1. The fraction of sp³-hybridized carbons (Fsp3) is 0.211. The zero-order valence-corrected chi connectivity index (χ0v) is 13.4. The Bertz CT molecular complexity index is 994. The summed E-state index contributed by atoms with van der Waals surface area (Å²) < 4.78 is 10.8. The van der Waals surface area contributed by atoms with Gasteiger partial charge in [0.05, 0.1) is 0 Å². The van der Waals surface area contributed by atoms with Crippen molar-refractivity contribution in [2.24, 2.45) is 0 Å². The number of nitrogens with one attached hydrogen (secondary N) is 1. The molecule has 0 fully saturated rings. The highest BCUT2D eigenvalue weighted by Crippen LogP contribution is 2.41. The number of carbonyl (C=O) groups is 1. The van der Waals surface area contributed by atoms with E-state index in [1.165, 1.54) is 10.5 Å². The Morgan fingerprint density at radius 1 is 1.16 bits per heavy atom. The predicted molar refractivity (Wildman–Crippen MR) is 91.1 cm³/mol. The third-order valence-corrected chi connectivity index (χ3v) is 4.99. The van der Waals surface area contributed by atoms with Crippen molar-refractivity contribution in [2.75, 3.05) is 13.3 Å². The van der Waals surface area contributed by atoms with E-state index in [1.54, 1.807) is 0 Å². The van der Waals surface area contributed by atoms with Crippen molar-refractivity contribution in [1.82, 2.24) is 9.88 Å². The number of carboxylic acid groups (broad SMARTS) is 1. The highest BCUT2D eigenvalue weighted by atomic mass is 16.7. The van der Waals surface area contributed by atoms with E-state index in [9.17, 15) is 9.90 Å². The van der Waals surface area contributed by atoms with Crippen LogP contribution in [-0.4, -0.2) is 34.4 Å². The number of amides is 1. The van der Waals surface area contributed by atoms with Crippen molar-refractivity contribution in [3.8, 4) is 11.5 Å². The van der Waals surface area contributed by atoms with E-state index < -0.39 is 6.09 Å². The van der Waals surface area contributed by atoms with Gasteiger partial charge in [-0.05, 0) is 35.7 Å². The van der Waals surface area contributed by atoms with Gasteiger partial charge in [-0.2, -0.15) is 0 Å². The van der Waals surface area contributed by atoms with Crippen LogP contribution in [0.3, 0.4) is 0 Å². The monoisotopic (exact) mass is 336 g/mol. The largest absolute Gasteiger partial charge is 0.465 e. The molecule has 2 aliphatic rings.